The Morgan fingerprint density at radius 2 is 2.26 bits per heavy atom. The average molecular weight is 260 g/mol. The summed E-state index contributed by atoms with van der Waals surface area (Å²) in [4.78, 5) is 25.1. The number of nitrogens with zero attached hydrogens (tertiary/aromatic N) is 3. The Kier molecular flexibility index (Phi) is 2.66. The maximum atomic E-state index is 11.8. The Hall–Kier alpha value is -2.44. The van der Waals surface area contributed by atoms with Crippen molar-refractivity contribution in [3.05, 3.63) is 17.7 Å². The number of methoxy groups -OCH3 is 1. The van der Waals surface area contributed by atoms with Crippen molar-refractivity contribution < 1.29 is 14.3 Å². The number of aromatic nitrogens is 3. The summed E-state index contributed by atoms with van der Waals surface area (Å²) >= 11 is 0. The maximum Gasteiger partial charge on any atom is 0.338 e. The molecule has 1 aliphatic rings. The molecule has 2 aromatic rings. The molecule has 2 heterocycles. The first kappa shape index (κ1) is 11.6. The third-order valence-electron chi connectivity index (χ3n) is 3.19. The van der Waals surface area contributed by atoms with Gasteiger partial charge in [0.1, 0.15) is 11.0 Å². The van der Waals surface area contributed by atoms with Gasteiger partial charge in [-0.05, 0) is 18.6 Å². The van der Waals surface area contributed by atoms with E-state index in [1.54, 1.807) is 17.0 Å². The van der Waals surface area contributed by atoms with E-state index in [1.165, 1.54) is 7.11 Å². The van der Waals surface area contributed by atoms with Crippen LogP contribution in [0.1, 0.15) is 23.2 Å². The van der Waals surface area contributed by atoms with Gasteiger partial charge >= 0.3 is 5.97 Å². The van der Waals surface area contributed by atoms with Crippen molar-refractivity contribution in [1.82, 2.24) is 15.4 Å². The number of hydrogen-bond donors (Lipinski definition) is 1. The molecule has 7 heteroatoms. The van der Waals surface area contributed by atoms with Crippen LogP contribution < -0.4 is 4.90 Å². The highest BCUT2D eigenvalue weighted by Gasteiger charge is 2.26. The molecule has 1 aliphatic heterocycles. The van der Waals surface area contributed by atoms with Crippen molar-refractivity contribution in [3.63, 3.8) is 0 Å². The molecule has 98 valence electrons. The van der Waals surface area contributed by atoms with Crippen LogP contribution >= 0.6 is 0 Å². The number of benzene rings is 1. The van der Waals surface area contributed by atoms with Crippen LogP contribution in [0.15, 0.2) is 12.1 Å². The lowest BCUT2D eigenvalue weighted by Crippen LogP contribution is -2.24. The van der Waals surface area contributed by atoms with Crippen molar-refractivity contribution in [1.29, 1.82) is 0 Å². The van der Waals surface area contributed by atoms with Crippen LogP contribution in [-0.2, 0) is 9.53 Å². The lowest BCUT2D eigenvalue weighted by molar-refractivity contribution is -0.117. The van der Waals surface area contributed by atoms with Crippen molar-refractivity contribution in [2.75, 3.05) is 18.6 Å². The summed E-state index contributed by atoms with van der Waals surface area (Å²) in [5.74, 6) is -0.427. The molecule has 1 amide bonds. The van der Waals surface area contributed by atoms with E-state index < -0.39 is 5.97 Å². The summed E-state index contributed by atoms with van der Waals surface area (Å²) in [6.45, 7) is 0.630. The van der Waals surface area contributed by atoms with E-state index >= 15 is 0 Å². The Bertz CT molecular complexity index is 664. The molecule has 7 nitrogen and oxygen atoms in total. The minimum Gasteiger partial charge on any atom is -0.465 e. The molecule has 1 N–H and O–H groups in total. The van der Waals surface area contributed by atoms with E-state index in [2.05, 4.69) is 15.4 Å². The molecule has 0 unspecified atom stereocenters. The highest BCUT2D eigenvalue weighted by Crippen LogP contribution is 2.29. The van der Waals surface area contributed by atoms with Gasteiger partial charge in [0.2, 0.25) is 5.91 Å². The highest BCUT2D eigenvalue weighted by atomic mass is 16.5. The van der Waals surface area contributed by atoms with E-state index in [0.29, 0.717) is 35.2 Å². The second-order valence-electron chi connectivity index (χ2n) is 4.33. The Morgan fingerprint density at radius 3 is 2.95 bits per heavy atom. The number of H-pyrrole nitrogens is 1. The molecule has 0 atom stereocenters. The maximum absolute atomic E-state index is 11.8. The summed E-state index contributed by atoms with van der Waals surface area (Å²) in [6, 6.07) is 3.22. The van der Waals surface area contributed by atoms with Crippen LogP contribution in [0.4, 0.5) is 5.69 Å². The smallest absolute Gasteiger partial charge is 0.338 e. The molecular formula is C12H12N4O3. The topological polar surface area (TPSA) is 88.2 Å². The predicted molar refractivity (Wildman–Crippen MR) is 66.8 cm³/mol. The minimum atomic E-state index is -0.460. The first-order valence-electron chi connectivity index (χ1n) is 5.94. The van der Waals surface area contributed by atoms with Crippen LogP contribution in [0, 0.1) is 0 Å². The number of ether oxygens (including phenoxy) is 1. The van der Waals surface area contributed by atoms with Gasteiger partial charge in [0.25, 0.3) is 0 Å². The van der Waals surface area contributed by atoms with Gasteiger partial charge in [0.15, 0.2) is 0 Å². The molecule has 0 radical (unpaired) electrons. The van der Waals surface area contributed by atoms with Gasteiger partial charge in [-0.3, -0.25) is 4.79 Å². The molecule has 0 bridgehead atoms. The number of aromatic amines is 1. The van der Waals surface area contributed by atoms with Crippen molar-refractivity contribution in [2.24, 2.45) is 0 Å². The second kappa shape index (κ2) is 4.34. The molecule has 0 saturated carbocycles. The number of carbonyl (C=O) groups excluding carboxylic acids is 2. The molecular weight excluding hydrogens is 248 g/mol. The molecule has 0 spiro atoms. The number of amides is 1. The van der Waals surface area contributed by atoms with E-state index in [1.807, 2.05) is 0 Å². The normalized spacial score (nSPS) is 15.2. The van der Waals surface area contributed by atoms with Crippen LogP contribution in [0.3, 0.4) is 0 Å². The number of carbonyl (C=O) groups is 2. The zero-order valence-corrected chi connectivity index (χ0v) is 10.3. The van der Waals surface area contributed by atoms with Gasteiger partial charge < -0.3 is 9.64 Å². The van der Waals surface area contributed by atoms with Crippen LogP contribution in [0.25, 0.3) is 11.0 Å². The molecule has 3 rings (SSSR count). The van der Waals surface area contributed by atoms with Crippen LogP contribution in [-0.4, -0.2) is 40.9 Å². The lowest BCUT2D eigenvalue weighted by Gasteiger charge is -2.16. The number of fused-ring (bicyclic) bond motifs is 1. The van der Waals surface area contributed by atoms with Gasteiger partial charge in [-0.25, -0.2) is 4.79 Å². The number of nitrogens with one attached hydrogen (secondary N) is 1. The van der Waals surface area contributed by atoms with Crippen molar-refractivity contribution in [3.8, 4) is 0 Å². The third kappa shape index (κ3) is 1.83. The SMILES string of the molecule is COC(=O)c1cc(N2CCCC2=O)c2n[nH]nc2c1. The first-order valence-corrected chi connectivity index (χ1v) is 5.94. The molecule has 0 aliphatic carbocycles. The van der Waals surface area contributed by atoms with Gasteiger partial charge in [-0.1, -0.05) is 0 Å². The molecule has 1 aromatic carbocycles. The van der Waals surface area contributed by atoms with E-state index in [0.717, 1.165) is 6.42 Å². The van der Waals surface area contributed by atoms with Crippen LogP contribution in [0.2, 0.25) is 0 Å². The summed E-state index contributed by atoms with van der Waals surface area (Å²) in [5.41, 5.74) is 2.09. The minimum absolute atomic E-state index is 0.0336. The van der Waals surface area contributed by atoms with Crippen molar-refractivity contribution in [2.45, 2.75) is 12.8 Å². The number of rotatable bonds is 2. The zero-order valence-electron chi connectivity index (χ0n) is 10.3. The quantitative estimate of drug-likeness (QED) is 0.809. The largest absolute Gasteiger partial charge is 0.465 e. The number of anilines is 1. The van der Waals surface area contributed by atoms with E-state index in [-0.39, 0.29) is 5.91 Å². The monoisotopic (exact) mass is 260 g/mol. The fraction of sp³-hybridized carbons (Fsp3) is 0.333. The number of hydrogen-bond acceptors (Lipinski definition) is 5. The predicted octanol–water partition coefficient (Wildman–Crippen LogP) is 0.871. The average Bonchev–Trinajstić information content (AvgIpc) is 3.04. The van der Waals surface area contributed by atoms with Gasteiger partial charge in [-0.15, -0.1) is 0 Å². The first-order chi connectivity index (χ1) is 9.20. The fourth-order valence-electron chi connectivity index (χ4n) is 2.28. The second-order valence-corrected chi connectivity index (χ2v) is 4.33. The lowest BCUT2D eigenvalue weighted by atomic mass is 10.1. The summed E-state index contributed by atoms with van der Waals surface area (Å²) in [5, 5.41) is 10.5. The van der Waals surface area contributed by atoms with Crippen molar-refractivity contribution >= 4 is 28.6 Å². The fourth-order valence-corrected chi connectivity index (χ4v) is 2.28. The van der Waals surface area contributed by atoms with Gasteiger partial charge in [-0.2, -0.15) is 15.4 Å². The van der Waals surface area contributed by atoms with Gasteiger partial charge in [0.05, 0.1) is 18.4 Å². The molecule has 1 aromatic heterocycles. The standard InChI is InChI=1S/C12H12N4O3/c1-19-12(18)7-5-8-11(14-15-13-8)9(6-7)16-4-2-3-10(16)17/h5-6H,2-4H2,1H3,(H,13,14,15). The highest BCUT2D eigenvalue weighted by molar-refractivity contribution is 6.05. The van der Waals surface area contributed by atoms with Crippen LogP contribution in [0.5, 0.6) is 0 Å². The van der Waals surface area contributed by atoms with E-state index in [4.69, 9.17) is 4.74 Å². The summed E-state index contributed by atoms with van der Waals surface area (Å²) < 4.78 is 4.71. The third-order valence-corrected chi connectivity index (χ3v) is 3.19. The summed E-state index contributed by atoms with van der Waals surface area (Å²) in [7, 11) is 1.32. The van der Waals surface area contributed by atoms with E-state index in [9.17, 15) is 9.59 Å². The molecule has 19 heavy (non-hydrogen) atoms. The zero-order chi connectivity index (χ0) is 13.4. The Balaban J connectivity index is 2.18. The molecule has 1 fully saturated rings. The Morgan fingerprint density at radius 1 is 1.42 bits per heavy atom. The number of esters is 1. The molecule has 1 saturated heterocycles. The summed E-state index contributed by atoms with van der Waals surface area (Å²) in [6.07, 6.45) is 1.32. The van der Waals surface area contributed by atoms with Gasteiger partial charge in [0, 0.05) is 13.0 Å². The Labute approximate surface area is 108 Å².